The first kappa shape index (κ1) is 20.3. The highest BCUT2D eigenvalue weighted by molar-refractivity contribution is 7.89. The van der Waals surface area contributed by atoms with Gasteiger partial charge in [0, 0.05) is 13.1 Å². The number of methoxy groups -OCH3 is 1. The third kappa shape index (κ3) is 4.16. The number of amides is 1. The lowest BCUT2D eigenvalue weighted by atomic mass is 10.1. The van der Waals surface area contributed by atoms with Crippen LogP contribution < -0.4 is 10.1 Å². The molecule has 1 aliphatic heterocycles. The number of carbonyl (C=O) groups excluding carboxylic acids is 1. The summed E-state index contributed by atoms with van der Waals surface area (Å²) in [5.74, 6) is 0.271. The summed E-state index contributed by atoms with van der Waals surface area (Å²) in [7, 11) is -2.34. The Morgan fingerprint density at radius 2 is 2.00 bits per heavy atom. The molecule has 0 spiro atoms. The SMILES string of the molecule is COc1ccc(CC(=O)Nc2nc3ccccc3[nH]2)cc1S(=O)(=O)N1CCOCC1. The van der Waals surface area contributed by atoms with Gasteiger partial charge in [-0.25, -0.2) is 13.4 Å². The van der Waals surface area contributed by atoms with E-state index >= 15 is 0 Å². The maximum Gasteiger partial charge on any atom is 0.246 e. The lowest BCUT2D eigenvalue weighted by Gasteiger charge is -2.26. The number of morpholine rings is 1. The topological polar surface area (TPSA) is 114 Å². The van der Waals surface area contributed by atoms with Gasteiger partial charge in [0.25, 0.3) is 0 Å². The Balaban J connectivity index is 1.54. The van der Waals surface area contributed by atoms with Crippen LogP contribution in [-0.4, -0.2) is 62.0 Å². The molecule has 2 N–H and O–H groups in total. The molecule has 30 heavy (non-hydrogen) atoms. The average molecular weight is 430 g/mol. The molecule has 3 aromatic rings. The predicted octanol–water partition coefficient (Wildman–Crippen LogP) is 1.77. The molecule has 0 unspecified atom stereocenters. The minimum Gasteiger partial charge on any atom is -0.495 e. The number of ether oxygens (including phenoxy) is 2. The van der Waals surface area contributed by atoms with Crippen molar-refractivity contribution in [1.29, 1.82) is 0 Å². The van der Waals surface area contributed by atoms with Crippen molar-refractivity contribution in [3.8, 4) is 5.75 Å². The van der Waals surface area contributed by atoms with Crippen molar-refractivity contribution in [2.75, 3.05) is 38.7 Å². The zero-order chi connectivity index (χ0) is 21.1. The fourth-order valence-corrected chi connectivity index (χ4v) is 4.95. The summed E-state index contributed by atoms with van der Waals surface area (Å²) in [6.07, 6.45) is -0.00727. The number of fused-ring (bicyclic) bond motifs is 1. The maximum atomic E-state index is 13.1. The van der Waals surface area contributed by atoms with Gasteiger partial charge in [-0.3, -0.25) is 10.1 Å². The molecule has 1 fully saturated rings. The van der Waals surface area contributed by atoms with E-state index in [0.717, 1.165) is 11.0 Å². The van der Waals surface area contributed by atoms with Crippen LogP contribution in [-0.2, 0) is 26.0 Å². The van der Waals surface area contributed by atoms with Crippen LogP contribution in [0.5, 0.6) is 5.75 Å². The quantitative estimate of drug-likeness (QED) is 0.616. The Bertz CT molecular complexity index is 1140. The van der Waals surface area contributed by atoms with Gasteiger partial charge in [0.2, 0.25) is 21.9 Å². The molecule has 2 heterocycles. The van der Waals surface area contributed by atoms with E-state index in [9.17, 15) is 13.2 Å². The number of aromatic amines is 1. The van der Waals surface area contributed by atoms with Gasteiger partial charge in [0.1, 0.15) is 10.6 Å². The van der Waals surface area contributed by atoms with Crippen molar-refractivity contribution in [3.05, 3.63) is 48.0 Å². The molecule has 0 bridgehead atoms. The largest absolute Gasteiger partial charge is 0.495 e. The smallest absolute Gasteiger partial charge is 0.246 e. The maximum absolute atomic E-state index is 13.1. The third-order valence-electron chi connectivity index (χ3n) is 4.83. The van der Waals surface area contributed by atoms with Crippen LogP contribution in [0.3, 0.4) is 0 Å². The van der Waals surface area contributed by atoms with E-state index in [1.807, 2.05) is 24.3 Å². The Morgan fingerprint density at radius 1 is 1.23 bits per heavy atom. The van der Waals surface area contributed by atoms with Crippen molar-refractivity contribution in [2.45, 2.75) is 11.3 Å². The van der Waals surface area contributed by atoms with Gasteiger partial charge in [0.05, 0.1) is 37.8 Å². The molecule has 1 aliphatic rings. The highest BCUT2D eigenvalue weighted by Crippen LogP contribution is 2.28. The standard InChI is InChI=1S/C20H22N4O5S/c1-28-17-7-6-14(12-18(17)30(26,27)24-8-10-29-11-9-24)13-19(25)23-20-21-15-4-2-3-5-16(15)22-20/h2-7,12H,8-11,13H2,1H3,(H2,21,22,23,25). The molecule has 9 nitrogen and oxygen atoms in total. The van der Waals surface area contributed by atoms with Crippen LogP contribution >= 0.6 is 0 Å². The summed E-state index contributed by atoms with van der Waals surface area (Å²) in [4.78, 5) is 19.9. The van der Waals surface area contributed by atoms with E-state index in [1.165, 1.54) is 17.5 Å². The van der Waals surface area contributed by atoms with E-state index in [-0.39, 0.29) is 36.1 Å². The number of nitrogens with zero attached hydrogens (tertiary/aromatic N) is 2. The van der Waals surface area contributed by atoms with Gasteiger partial charge in [0.15, 0.2) is 0 Å². The van der Waals surface area contributed by atoms with Crippen LogP contribution in [0, 0.1) is 0 Å². The molecule has 10 heteroatoms. The predicted molar refractivity (Wildman–Crippen MR) is 111 cm³/mol. The Morgan fingerprint density at radius 3 is 2.73 bits per heavy atom. The van der Waals surface area contributed by atoms with Gasteiger partial charge in [-0.2, -0.15) is 4.31 Å². The zero-order valence-electron chi connectivity index (χ0n) is 16.4. The molecular formula is C20H22N4O5S. The van der Waals surface area contributed by atoms with Gasteiger partial charge in [-0.1, -0.05) is 18.2 Å². The molecule has 1 amide bonds. The highest BCUT2D eigenvalue weighted by atomic mass is 32.2. The second-order valence-corrected chi connectivity index (χ2v) is 8.74. The van der Waals surface area contributed by atoms with E-state index in [0.29, 0.717) is 24.7 Å². The summed E-state index contributed by atoms with van der Waals surface area (Å²) >= 11 is 0. The number of sulfonamides is 1. The number of rotatable bonds is 6. The second-order valence-electron chi connectivity index (χ2n) is 6.83. The Labute approximate surface area is 174 Å². The van der Waals surface area contributed by atoms with Gasteiger partial charge < -0.3 is 14.5 Å². The third-order valence-corrected chi connectivity index (χ3v) is 6.75. The first-order valence-corrected chi connectivity index (χ1v) is 10.9. The number of H-pyrrole nitrogens is 1. The van der Waals surface area contributed by atoms with E-state index in [4.69, 9.17) is 9.47 Å². The number of hydrogen-bond donors (Lipinski definition) is 2. The van der Waals surface area contributed by atoms with Crippen molar-refractivity contribution in [3.63, 3.8) is 0 Å². The number of para-hydroxylation sites is 2. The van der Waals surface area contributed by atoms with E-state index in [2.05, 4.69) is 15.3 Å². The normalized spacial score (nSPS) is 15.2. The van der Waals surface area contributed by atoms with Crippen LogP contribution in [0.15, 0.2) is 47.4 Å². The molecule has 1 aromatic heterocycles. The monoisotopic (exact) mass is 430 g/mol. The number of imidazole rings is 1. The minimum absolute atomic E-state index is 0.00727. The lowest BCUT2D eigenvalue weighted by Crippen LogP contribution is -2.40. The number of carbonyl (C=O) groups is 1. The van der Waals surface area contributed by atoms with Crippen LogP contribution in [0.4, 0.5) is 5.95 Å². The van der Waals surface area contributed by atoms with Crippen molar-refractivity contribution in [1.82, 2.24) is 14.3 Å². The number of anilines is 1. The molecule has 4 rings (SSSR count). The molecule has 0 atom stereocenters. The van der Waals surface area contributed by atoms with Crippen LogP contribution in [0.1, 0.15) is 5.56 Å². The minimum atomic E-state index is -3.76. The highest BCUT2D eigenvalue weighted by Gasteiger charge is 2.29. The number of nitrogens with one attached hydrogen (secondary N) is 2. The molecule has 1 saturated heterocycles. The van der Waals surface area contributed by atoms with Gasteiger partial charge in [-0.05, 0) is 29.8 Å². The molecular weight excluding hydrogens is 408 g/mol. The van der Waals surface area contributed by atoms with E-state index < -0.39 is 10.0 Å². The molecule has 0 radical (unpaired) electrons. The summed E-state index contributed by atoms with van der Waals surface area (Å²) in [5.41, 5.74) is 2.11. The first-order chi connectivity index (χ1) is 14.5. The fourth-order valence-electron chi connectivity index (χ4n) is 3.33. The summed E-state index contributed by atoms with van der Waals surface area (Å²) in [6.45, 7) is 1.26. The molecule has 0 aliphatic carbocycles. The number of aromatic nitrogens is 2. The van der Waals surface area contributed by atoms with E-state index in [1.54, 1.807) is 12.1 Å². The second kappa shape index (κ2) is 8.42. The van der Waals surface area contributed by atoms with Crippen LogP contribution in [0.2, 0.25) is 0 Å². The number of benzene rings is 2. The molecule has 0 saturated carbocycles. The molecule has 2 aromatic carbocycles. The summed E-state index contributed by atoms with van der Waals surface area (Å²) in [6, 6.07) is 12.2. The first-order valence-electron chi connectivity index (χ1n) is 9.47. The summed E-state index contributed by atoms with van der Waals surface area (Å²) < 4.78 is 38.0. The summed E-state index contributed by atoms with van der Waals surface area (Å²) in [5, 5.41) is 2.72. The number of hydrogen-bond acceptors (Lipinski definition) is 6. The van der Waals surface area contributed by atoms with Crippen molar-refractivity contribution >= 4 is 32.9 Å². The van der Waals surface area contributed by atoms with Crippen LogP contribution in [0.25, 0.3) is 11.0 Å². The molecule has 158 valence electrons. The van der Waals surface area contributed by atoms with Crippen molar-refractivity contribution < 1.29 is 22.7 Å². The average Bonchev–Trinajstić information content (AvgIpc) is 3.16. The fraction of sp³-hybridized carbons (Fsp3) is 0.300. The van der Waals surface area contributed by atoms with Crippen molar-refractivity contribution in [2.24, 2.45) is 0 Å². The Kier molecular flexibility index (Phi) is 5.71. The zero-order valence-corrected chi connectivity index (χ0v) is 17.2. The van der Waals surface area contributed by atoms with Gasteiger partial charge in [-0.15, -0.1) is 0 Å². The Hall–Kier alpha value is -2.95. The lowest BCUT2D eigenvalue weighted by molar-refractivity contribution is -0.115. The van der Waals surface area contributed by atoms with Gasteiger partial charge >= 0.3 is 0 Å².